The van der Waals surface area contributed by atoms with Gasteiger partial charge in [0.25, 0.3) is 0 Å². The third-order valence-corrected chi connectivity index (χ3v) is 7.86. The van der Waals surface area contributed by atoms with Crippen molar-refractivity contribution in [2.45, 2.75) is 37.3 Å². The van der Waals surface area contributed by atoms with Gasteiger partial charge in [0.2, 0.25) is 5.91 Å². The SMILES string of the molecule is COC(CNC(=O)C1C[C@@H]2C[C@H](NC(=O)OCC3c4ccccc4-c4ccccc43)[C@@H]2C1)C(=O)O. The molecule has 5 atom stereocenters. The summed E-state index contributed by atoms with van der Waals surface area (Å²) in [6.45, 7) is 0.216. The maximum atomic E-state index is 12.6. The fourth-order valence-electron chi connectivity index (χ4n) is 6.01. The molecule has 184 valence electrons. The molecule has 2 aromatic rings. The molecule has 3 aliphatic rings. The van der Waals surface area contributed by atoms with E-state index in [-0.39, 0.29) is 42.9 Å². The number of aliphatic carboxylic acids is 1. The lowest BCUT2D eigenvalue weighted by Crippen LogP contribution is -2.50. The van der Waals surface area contributed by atoms with Gasteiger partial charge in [-0.3, -0.25) is 4.79 Å². The first kappa shape index (κ1) is 23.4. The van der Waals surface area contributed by atoms with Crippen molar-refractivity contribution in [2.24, 2.45) is 17.8 Å². The highest BCUT2D eigenvalue weighted by Gasteiger charge is 2.50. The molecule has 3 N–H and O–H groups in total. The lowest BCUT2D eigenvalue weighted by atomic mass is 9.71. The van der Waals surface area contributed by atoms with Crippen LogP contribution in [-0.2, 0) is 19.1 Å². The summed E-state index contributed by atoms with van der Waals surface area (Å²) < 4.78 is 10.5. The zero-order valence-corrected chi connectivity index (χ0v) is 19.6. The molecule has 0 bridgehead atoms. The number of methoxy groups -OCH3 is 1. The van der Waals surface area contributed by atoms with Crippen LogP contribution in [-0.4, -0.2) is 55.5 Å². The van der Waals surface area contributed by atoms with Gasteiger partial charge in [0, 0.05) is 25.0 Å². The molecule has 8 nitrogen and oxygen atoms in total. The Kier molecular flexibility index (Phi) is 6.47. The van der Waals surface area contributed by atoms with Crippen molar-refractivity contribution in [3.8, 4) is 11.1 Å². The molecule has 2 unspecified atom stereocenters. The average Bonchev–Trinajstić information content (AvgIpc) is 3.36. The van der Waals surface area contributed by atoms with Crippen LogP contribution in [0.3, 0.4) is 0 Å². The van der Waals surface area contributed by atoms with Crippen LogP contribution >= 0.6 is 0 Å². The molecule has 0 saturated heterocycles. The number of carboxylic acid groups (broad SMARTS) is 1. The van der Waals surface area contributed by atoms with E-state index in [1.54, 1.807) is 0 Å². The van der Waals surface area contributed by atoms with Crippen molar-refractivity contribution in [1.29, 1.82) is 0 Å². The van der Waals surface area contributed by atoms with E-state index < -0.39 is 18.2 Å². The molecule has 3 aliphatic carbocycles. The third-order valence-electron chi connectivity index (χ3n) is 7.86. The van der Waals surface area contributed by atoms with E-state index >= 15 is 0 Å². The van der Waals surface area contributed by atoms with Gasteiger partial charge in [-0.15, -0.1) is 0 Å². The second-order valence-electron chi connectivity index (χ2n) is 9.71. The van der Waals surface area contributed by atoms with E-state index in [0.717, 1.165) is 12.8 Å². The normalized spacial score (nSPS) is 24.9. The highest BCUT2D eigenvalue weighted by atomic mass is 16.5. The summed E-state index contributed by atoms with van der Waals surface area (Å²) in [5.41, 5.74) is 4.73. The van der Waals surface area contributed by atoms with Crippen LogP contribution in [0.4, 0.5) is 4.79 Å². The Morgan fingerprint density at radius 3 is 2.29 bits per heavy atom. The fourth-order valence-corrected chi connectivity index (χ4v) is 6.01. The topological polar surface area (TPSA) is 114 Å². The van der Waals surface area contributed by atoms with Gasteiger partial charge in [0.15, 0.2) is 6.10 Å². The second-order valence-corrected chi connectivity index (χ2v) is 9.71. The number of nitrogens with one attached hydrogen (secondary N) is 2. The van der Waals surface area contributed by atoms with Gasteiger partial charge in [0.1, 0.15) is 6.61 Å². The van der Waals surface area contributed by atoms with Gasteiger partial charge in [-0.2, -0.15) is 0 Å². The first-order chi connectivity index (χ1) is 17.0. The van der Waals surface area contributed by atoms with Gasteiger partial charge in [0.05, 0.1) is 6.54 Å². The number of carboxylic acids is 1. The minimum Gasteiger partial charge on any atom is -0.479 e. The lowest BCUT2D eigenvalue weighted by Gasteiger charge is -2.40. The lowest BCUT2D eigenvalue weighted by molar-refractivity contribution is -0.148. The van der Waals surface area contributed by atoms with Crippen molar-refractivity contribution in [1.82, 2.24) is 10.6 Å². The highest BCUT2D eigenvalue weighted by Crippen LogP contribution is 2.50. The molecule has 2 amide bonds. The quantitative estimate of drug-likeness (QED) is 0.537. The Morgan fingerprint density at radius 1 is 1.00 bits per heavy atom. The number of ether oxygens (including phenoxy) is 2. The summed E-state index contributed by atoms with van der Waals surface area (Å²) in [6.07, 6.45) is 0.779. The molecule has 2 aromatic carbocycles. The van der Waals surface area contributed by atoms with E-state index in [9.17, 15) is 14.4 Å². The smallest absolute Gasteiger partial charge is 0.407 e. The molecule has 8 heteroatoms. The number of fused-ring (bicyclic) bond motifs is 4. The van der Waals surface area contributed by atoms with Gasteiger partial charge in [-0.05, 0) is 53.4 Å². The predicted octanol–water partition coefficient (Wildman–Crippen LogP) is 3.16. The minimum atomic E-state index is -1.10. The molecule has 0 spiro atoms. The zero-order chi connectivity index (χ0) is 24.5. The molecule has 2 saturated carbocycles. The van der Waals surface area contributed by atoms with Crippen molar-refractivity contribution in [2.75, 3.05) is 20.3 Å². The number of rotatable bonds is 8. The van der Waals surface area contributed by atoms with Crippen LogP contribution < -0.4 is 10.6 Å². The van der Waals surface area contributed by atoms with E-state index in [4.69, 9.17) is 14.6 Å². The maximum Gasteiger partial charge on any atom is 0.407 e. The highest BCUT2D eigenvalue weighted by molar-refractivity contribution is 5.81. The van der Waals surface area contributed by atoms with Gasteiger partial charge >= 0.3 is 12.1 Å². The van der Waals surface area contributed by atoms with Crippen LogP contribution in [0, 0.1) is 17.8 Å². The number of alkyl carbamates (subject to hydrolysis) is 1. The van der Waals surface area contributed by atoms with Crippen LogP contribution in [0.2, 0.25) is 0 Å². The summed E-state index contributed by atoms with van der Waals surface area (Å²) in [6, 6.07) is 16.5. The Balaban J connectivity index is 1.11. The Bertz CT molecular complexity index is 1090. The van der Waals surface area contributed by atoms with E-state index in [1.807, 2.05) is 24.3 Å². The standard InChI is InChI=1S/C27H30N2O6/c1-34-24(26(31)32)13-28-25(30)16-10-15-12-23(21(15)11-16)29-27(33)35-14-22-19-8-4-2-6-17(19)18-7-3-5-9-20(18)22/h2-9,15-16,21-24H,10-14H2,1H3,(H,28,30)(H,29,33)(H,31,32)/t15-,16?,21-,23+,24?/m1/s1. The molecule has 35 heavy (non-hydrogen) atoms. The molecule has 0 radical (unpaired) electrons. The average molecular weight is 479 g/mol. The van der Waals surface area contributed by atoms with Crippen LogP contribution in [0.1, 0.15) is 36.3 Å². The Labute approximate surface area is 204 Å². The molecule has 5 rings (SSSR count). The summed E-state index contributed by atoms with van der Waals surface area (Å²) >= 11 is 0. The first-order valence-corrected chi connectivity index (χ1v) is 12.1. The molecule has 2 fully saturated rings. The number of hydrogen-bond acceptors (Lipinski definition) is 5. The number of hydrogen-bond donors (Lipinski definition) is 3. The van der Waals surface area contributed by atoms with E-state index in [1.165, 1.54) is 29.4 Å². The molecular weight excluding hydrogens is 448 g/mol. The summed E-state index contributed by atoms with van der Waals surface area (Å²) in [4.78, 5) is 36.2. The Morgan fingerprint density at radius 2 is 1.66 bits per heavy atom. The van der Waals surface area contributed by atoms with Crippen molar-refractivity contribution in [3.63, 3.8) is 0 Å². The fraction of sp³-hybridized carbons (Fsp3) is 0.444. The van der Waals surface area contributed by atoms with Gasteiger partial charge in [-0.1, -0.05) is 48.5 Å². The van der Waals surface area contributed by atoms with Crippen LogP contribution in [0.25, 0.3) is 11.1 Å². The summed E-state index contributed by atoms with van der Waals surface area (Å²) in [7, 11) is 1.31. The van der Waals surface area contributed by atoms with Crippen LogP contribution in [0.5, 0.6) is 0 Å². The second kappa shape index (κ2) is 9.70. The maximum absolute atomic E-state index is 12.6. The number of benzene rings is 2. The Hall–Kier alpha value is -3.39. The molecular formula is C27H30N2O6. The predicted molar refractivity (Wildman–Crippen MR) is 128 cm³/mol. The van der Waals surface area contributed by atoms with Crippen molar-refractivity contribution >= 4 is 18.0 Å². The number of carbonyl (C=O) groups excluding carboxylic acids is 2. The minimum absolute atomic E-state index is 0.000747. The largest absolute Gasteiger partial charge is 0.479 e. The molecule has 0 aromatic heterocycles. The van der Waals surface area contributed by atoms with Crippen LogP contribution in [0.15, 0.2) is 48.5 Å². The van der Waals surface area contributed by atoms with E-state index in [0.29, 0.717) is 12.3 Å². The van der Waals surface area contributed by atoms with E-state index in [2.05, 4.69) is 34.9 Å². The zero-order valence-electron chi connectivity index (χ0n) is 19.6. The number of amides is 2. The monoisotopic (exact) mass is 478 g/mol. The first-order valence-electron chi connectivity index (χ1n) is 12.1. The molecule has 0 heterocycles. The van der Waals surface area contributed by atoms with Crippen molar-refractivity contribution in [3.05, 3.63) is 59.7 Å². The van der Waals surface area contributed by atoms with Gasteiger partial charge < -0.3 is 25.2 Å². The van der Waals surface area contributed by atoms with Crippen molar-refractivity contribution < 1.29 is 29.0 Å². The third kappa shape index (κ3) is 4.50. The molecule has 0 aliphatic heterocycles. The number of carbonyl (C=O) groups is 3. The summed E-state index contributed by atoms with van der Waals surface area (Å²) in [5.74, 6) is -0.783. The summed E-state index contributed by atoms with van der Waals surface area (Å²) in [5, 5.41) is 14.7. The van der Waals surface area contributed by atoms with Gasteiger partial charge in [-0.25, -0.2) is 9.59 Å².